The van der Waals surface area contributed by atoms with E-state index in [2.05, 4.69) is 0 Å². The molecule has 2 atom stereocenters. The van der Waals surface area contributed by atoms with Crippen molar-refractivity contribution in [1.82, 2.24) is 0 Å². The lowest BCUT2D eigenvalue weighted by Crippen LogP contribution is -2.13. The molecule has 1 aromatic carbocycles. The summed E-state index contributed by atoms with van der Waals surface area (Å²) in [5, 5.41) is 0. The average molecular weight is 234 g/mol. The Morgan fingerprint density at radius 1 is 1.21 bits per heavy atom. The first-order valence-corrected chi connectivity index (χ1v) is 4.13. The van der Waals surface area contributed by atoms with Gasteiger partial charge in [0.1, 0.15) is 0 Å². The molecule has 0 unspecified atom stereocenters. The Kier molecular flexibility index (Phi) is 4.95. The van der Waals surface area contributed by atoms with E-state index in [9.17, 15) is 4.79 Å². The molecule has 1 aliphatic carbocycles. The molecule has 2 N–H and O–H groups in total. The van der Waals surface area contributed by atoms with Crippen LogP contribution in [0.2, 0.25) is 0 Å². The van der Waals surface area contributed by atoms with Crippen molar-refractivity contribution in [2.45, 2.75) is 12.3 Å². The second kappa shape index (κ2) is 5.23. The van der Waals surface area contributed by atoms with Crippen LogP contribution < -0.4 is 5.73 Å². The summed E-state index contributed by atoms with van der Waals surface area (Å²) in [6.45, 7) is 0. The SMILES string of the molecule is Cl.Cl.NC(=O)[C@@H]1C[C@@H]1c1ccccc1. The fraction of sp³-hybridized carbons (Fsp3) is 0.300. The van der Waals surface area contributed by atoms with Gasteiger partial charge in [-0.2, -0.15) is 0 Å². The maximum Gasteiger partial charge on any atom is 0.221 e. The van der Waals surface area contributed by atoms with Gasteiger partial charge in [-0.1, -0.05) is 30.3 Å². The van der Waals surface area contributed by atoms with E-state index in [0.717, 1.165) is 6.42 Å². The van der Waals surface area contributed by atoms with Crippen LogP contribution >= 0.6 is 24.8 Å². The van der Waals surface area contributed by atoms with E-state index in [1.807, 2.05) is 30.3 Å². The van der Waals surface area contributed by atoms with Gasteiger partial charge in [-0.15, -0.1) is 24.8 Å². The summed E-state index contributed by atoms with van der Waals surface area (Å²) in [6.07, 6.45) is 0.930. The summed E-state index contributed by atoms with van der Waals surface area (Å²) in [5.41, 5.74) is 6.42. The molecule has 0 heterocycles. The largest absolute Gasteiger partial charge is 0.369 e. The quantitative estimate of drug-likeness (QED) is 0.836. The fourth-order valence-corrected chi connectivity index (χ4v) is 1.58. The molecule has 4 heteroatoms. The minimum atomic E-state index is -0.163. The lowest BCUT2D eigenvalue weighted by molar-refractivity contribution is -0.119. The zero-order chi connectivity index (χ0) is 8.55. The van der Waals surface area contributed by atoms with E-state index in [0.29, 0.717) is 5.92 Å². The molecule has 0 aliphatic heterocycles. The molecule has 0 spiro atoms. The number of carbonyl (C=O) groups is 1. The molecule has 2 nitrogen and oxygen atoms in total. The van der Waals surface area contributed by atoms with E-state index in [-0.39, 0.29) is 36.6 Å². The Bertz CT molecular complexity index is 302. The molecule has 1 amide bonds. The Hall–Kier alpha value is -0.730. The summed E-state index contributed by atoms with van der Waals surface area (Å²) in [4.78, 5) is 10.8. The van der Waals surface area contributed by atoms with Crippen molar-refractivity contribution in [3.05, 3.63) is 35.9 Å². The number of hydrogen-bond acceptors (Lipinski definition) is 1. The molecule has 0 aromatic heterocycles. The second-order valence-electron chi connectivity index (χ2n) is 3.26. The van der Waals surface area contributed by atoms with Gasteiger partial charge in [0, 0.05) is 5.92 Å². The van der Waals surface area contributed by atoms with Crippen LogP contribution in [0.1, 0.15) is 17.9 Å². The number of carbonyl (C=O) groups excluding carboxylic acids is 1. The molecular formula is C10H13Cl2NO. The summed E-state index contributed by atoms with van der Waals surface area (Å²) >= 11 is 0. The predicted octanol–water partition coefficient (Wildman–Crippen LogP) is 2.12. The lowest BCUT2D eigenvalue weighted by atomic mass is 10.1. The van der Waals surface area contributed by atoms with Crippen LogP contribution in [0, 0.1) is 5.92 Å². The van der Waals surface area contributed by atoms with Crippen molar-refractivity contribution in [2.75, 3.05) is 0 Å². The number of primary amides is 1. The predicted molar refractivity (Wildman–Crippen MR) is 61.0 cm³/mol. The minimum absolute atomic E-state index is 0. The number of rotatable bonds is 2. The number of hydrogen-bond donors (Lipinski definition) is 1. The normalized spacial score (nSPS) is 22.9. The third kappa shape index (κ3) is 2.63. The number of benzene rings is 1. The third-order valence-corrected chi connectivity index (χ3v) is 2.38. The molecule has 14 heavy (non-hydrogen) atoms. The Balaban J connectivity index is 0.000000845. The molecule has 1 saturated carbocycles. The molecule has 1 aliphatic rings. The maximum atomic E-state index is 10.8. The van der Waals surface area contributed by atoms with E-state index >= 15 is 0 Å². The van der Waals surface area contributed by atoms with E-state index < -0.39 is 0 Å². The fourth-order valence-electron chi connectivity index (χ4n) is 1.58. The van der Waals surface area contributed by atoms with Gasteiger partial charge >= 0.3 is 0 Å². The topological polar surface area (TPSA) is 43.1 Å². The van der Waals surface area contributed by atoms with Gasteiger partial charge in [-0.3, -0.25) is 4.79 Å². The molecule has 0 bridgehead atoms. The van der Waals surface area contributed by atoms with Gasteiger partial charge in [0.25, 0.3) is 0 Å². The maximum absolute atomic E-state index is 10.8. The van der Waals surface area contributed by atoms with Crippen molar-refractivity contribution in [3.63, 3.8) is 0 Å². The van der Waals surface area contributed by atoms with Crippen molar-refractivity contribution in [2.24, 2.45) is 11.7 Å². The van der Waals surface area contributed by atoms with Gasteiger partial charge in [0.2, 0.25) is 5.91 Å². The van der Waals surface area contributed by atoms with Crippen LogP contribution in [0.5, 0.6) is 0 Å². The van der Waals surface area contributed by atoms with Gasteiger partial charge in [0.15, 0.2) is 0 Å². The molecule has 0 saturated heterocycles. The highest BCUT2D eigenvalue weighted by molar-refractivity contribution is 5.85. The van der Waals surface area contributed by atoms with Crippen LogP contribution in [-0.2, 0) is 4.79 Å². The molecule has 1 fully saturated rings. The molecule has 0 radical (unpaired) electrons. The first kappa shape index (κ1) is 13.3. The van der Waals surface area contributed by atoms with Gasteiger partial charge in [-0.05, 0) is 17.9 Å². The highest BCUT2D eigenvalue weighted by Gasteiger charge is 2.42. The van der Waals surface area contributed by atoms with Crippen LogP contribution in [0.15, 0.2) is 30.3 Å². The Morgan fingerprint density at radius 3 is 2.21 bits per heavy atom. The smallest absolute Gasteiger partial charge is 0.221 e. The van der Waals surface area contributed by atoms with E-state index in [1.165, 1.54) is 5.56 Å². The third-order valence-electron chi connectivity index (χ3n) is 2.38. The first-order valence-electron chi connectivity index (χ1n) is 4.13. The van der Waals surface area contributed by atoms with E-state index in [4.69, 9.17) is 5.73 Å². The molecular weight excluding hydrogens is 221 g/mol. The number of nitrogens with two attached hydrogens (primary N) is 1. The zero-order valence-electron chi connectivity index (χ0n) is 7.55. The highest BCUT2D eigenvalue weighted by atomic mass is 35.5. The lowest BCUT2D eigenvalue weighted by Gasteiger charge is -1.95. The van der Waals surface area contributed by atoms with Gasteiger partial charge < -0.3 is 5.73 Å². The summed E-state index contributed by atoms with van der Waals surface area (Å²) in [5.74, 6) is 0.319. The Labute approximate surface area is 95.7 Å². The van der Waals surface area contributed by atoms with Crippen LogP contribution in [0.3, 0.4) is 0 Å². The summed E-state index contributed by atoms with van der Waals surface area (Å²) in [6, 6.07) is 10.1. The van der Waals surface area contributed by atoms with E-state index in [1.54, 1.807) is 0 Å². The number of halogens is 2. The van der Waals surface area contributed by atoms with Crippen molar-refractivity contribution >= 4 is 30.7 Å². The highest BCUT2D eigenvalue weighted by Crippen LogP contribution is 2.46. The van der Waals surface area contributed by atoms with Crippen molar-refractivity contribution in [3.8, 4) is 0 Å². The summed E-state index contributed by atoms with van der Waals surface area (Å²) < 4.78 is 0. The van der Waals surface area contributed by atoms with Crippen molar-refractivity contribution < 1.29 is 4.79 Å². The van der Waals surface area contributed by atoms with Gasteiger partial charge in [0.05, 0.1) is 0 Å². The van der Waals surface area contributed by atoms with Crippen LogP contribution in [0.4, 0.5) is 0 Å². The first-order chi connectivity index (χ1) is 5.79. The zero-order valence-corrected chi connectivity index (χ0v) is 9.18. The average Bonchev–Trinajstić information content (AvgIpc) is 2.84. The Morgan fingerprint density at radius 2 is 1.79 bits per heavy atom. The molecule has 78 valence electrons. The number of amides is 1. The van der Waals surface area contributed by atoms with Crippen molar-refractivity contribution in [1.29, 1.82) is 0 Å². The van der Waals surface area contributed by atoms with Crippen LogP contribution in [-0.4, -0.2) is 5.91 Å². The second-order valence-corrected chi connectivity index (χ2v) is 3.26. The minimum Gasteiger partial charge on any atom is -0.369 e. The monoisotopic (exact) mass is 233 g/mol. The standard InChI is InChI=1S/C10H11NO.2ClH/c11-10(12)9-6-8(9)7-4-2-1-3-5-7;;/h1-5,8-9H,6H2,(H2,11,12);2*1H/t8-,9-;;/m1../s1. The van der Waals surface area contributed by atoms with Crippen LogP contribution in [0.25, 0.3) is 0 Å². The molecule has 1 aromatic rings. The molecule has 2 rings (SSSR count). The summed E-state index contributed by atoms with van der Waals surface area (Å²) in [7, 11) is 0. The van der Waals surface area contributed by atoms with Gasteiger partial charge in [-0.25, -0.2) is 0 Å².